The highest BCUT2D eigenvalue weighted by atomic mass is 35.5. The molecule has 0 radical (unpaired) electrons. The van der Waals surface area contributed by atoms with Gasteiger partial charge in [-0.2, -0.15) is 13.2 Å². The normalized spacial score (nSPS) is 12.1. The lowest BCUT2D eigenvalue weighted by atomic mass is 10.1. The Bertz CT molecular complexity index is 918. The summed E-state index contributed by atoms with van der Waals surface area (Å²) in [6, 6.07) is 4.21. The molecular formula is C17H16ClF3N4. The van der Waals surface area contributed by atoms with Crippen LogP contribution in [0.15, 0.2) is 30.6 Å². The van der Waals surface area contributed by atoms with E-state index < -0.39 is 11.7 Å². The molecule has 0 aliphatic rings. The van der Waals surface area contributed by atoms with E-state index in [2.05, 4.69) is 9.97 Å². The molecule has 4 nitrogen and oxygen atoms in total. The maximum Gasteiger partial charge on any atom is 0.417 e. The minimum atomic E-state index is -4.52. The van der Waals surface area contributed by atoms with Crippen molar-refractivity contribution in [1.82, 2.24) is 14.5 Å². The van der Waals surface area contributed by atoms with E-state index in [-0.39, 0.29) is 10.5 Å². The Morgan fingerprint density at radius 3 is 2.60 bits per heavy atom. The van der Waals surface area contributed by atoms with Gasteiger partial charge in [-0.05, 0) is 36.7 Å². The van der Waals surface area contributed by atoms with Crippen molar-refractivity contribution < 1.29 is 13.2 Å². The molecule has 8 heteroatoms. The van der Waals surface area contributed by atoms with Crippen LogP contribution in [0, 0.1) is 0 Å². The second kappa shape index (κ2) is 6.65. The number of hydrogen-bond acceptors (Lipinski definition) is 3. The molecule has 0 aliphatic heterocycles. The van der Waals surface area contributed by atoms with Gasteiger partial charge < -0.3 is 5.73 Å². The van der Waals surface area contributed by atoms with Crippen molar-refractivity contribution in [2.24, 2.45) is 5.73 Å². The quantitative estimate of drug-likeness (QED) is 0.752. The molecule has 3 aromatic rings. The zero-order valence-corrected chi connectivity index (χ0v) is 14.2. The predicted octanol–water partition coefficient (Wildman–Crippen LogP) is 4.16. The summed E-state index contributed by atoms with van der Waals surface area (Å²) in [6.07, 6.45) is 0.0500. The Kier molecular flexibility index (Phi) is 4.71. The molecule has 0 atom stereocenters. The van der Waals surface area contributed by atoms with Crippen molar-refractivity contribution in [3.05, 3.63) is 52.6 Å². The zero-order valence-electron chi connectivity index (χ0n) is 13.4. The second-order valence-electron chi connectivity index (χ2n) is 5.63. The summed E-state index contributed by atoms with van der Waals surface area (Å²) < 4.78 is 41.0. The molecular weight excluding hydrogens is 353 g/mol. The minimum absolute atomic E-state index is 0.248. The van der Waals surface area contributed by atoms with E-state index in [9.17, 15) is 13.2 Å². The minimum Gasteiger partial charge on any atom is -0.330 e. The number of halogens is 4. The molecule has 0 unspecified atom stereocenters. The molecule has 0 bridgehead atoms. The molecule has 0 aliphatic carbocycles. The number of nitrogens with two attached hydrogens (primary N) is 1. The average molecular weight is 369 g/mol. The number of rotatable bonds is 4. The van der Waals surface area contributed by atoms with Gasteiger partial charge in [-0.1, -0.05) is 18.5 Å². The van der Waals surface area contributed by atoms with E-state index in [1.165, 1.54) is 6.07 Å². The monoisotopic (exact) mass is 368 g/mol. The molecule has 132 valence electrons. The van der Waals surface area contributed by atoms with Crippen molar-refractivity contribution in [3.63, 3.8) is 0 Å². The summed E-state index contributed by atoms with van der Waals surface area (Å²) >= 11 is 5.89. The van der Waals surface area contributed by atoms with Crippen molar-refractivity contribution in [1.29, 1.82) is 0 Å². The van der Waals surface area contributed by atoms with Gasteiger partial charge in [0.2, 0.25) is 0 Å². The third-order valence-corrected chi connectivity index (χ3v) is 4.22. The van der Waals surface area contributed by atoms with Crippen LogP contribution in [0.5, 0.6) is 0 Å². The van der Waals surface area contributed by atoms with E-state index in [1.54, 1.807) is 17.0 Å². The second-order valence-corrected chi connectivity index (χ2v) is 6.03. The molecule has 1 aromatic carbocycles. The Morgan fingerprint density at radius 1 is 1.20 bits per heavy atom. The van der Waals surface area contributed by atoms with Gasteiger partial charge in [-0.3, -0.25) is 9.55 Å². The molecule has 2 aromatic heterocycles. The average Bonchev–Trinajstić information content (AvgIpc) is 2.91. The van der Waals surface area contributed by atoms with E-state index in [1.807, 2.05) is 13.0 Å². The Balaban J connectivity index is 2.24. The van der Waals surface area contributed by atoms with Gasteiger partial charge in [0.25, 0.3) is 0 Å². The van der Waals surface area contributed by atoms with Gasteiger partial charge in [0.05, 0.1) is 33.5 Å². The lowest BCUT2D eigenvalue weighted by Gasteiger charge is -2.11. The number of hydrogen-bond donors (Lipinski definition) is 1. The van der Waals surface area contributed by atoms with E-state index in [0.717, 1.165) is 17.3 Å². The number of imidazole rings is 1. The third-order valence-electron chi connectivity index (χ3n) is 3.91. The number of aromatic nitrogens is 3. The van der Waals surface area contributed by atoms with Crippen LogP contribution in [0.2, 0.25) is 5.02 Å². The van der Waals surface area contributed by atoms with Crippen LogP contribution in [-0.2, 0) is 19.0 Å². The molecule has 2 heterocycles. The summed E-state index contributed by atoms with van der Waals surface area (Å²) in [6.45, 7) is 2.37. The van der Waals surface area contributed by atoms with Gasteiger partial charge in [0, 0.05) is 12.6 Å². The highest BCUT2D eigenvalue weighted by Crippen LogP contribution is 2.37. The van der Waals surface area contributed by atoms with Crippen LogP contribution in [0.25, 0.3) is 16.7 Å². The first kappa shape index (κ1) is 17.7. The van der Waals surface area contributed by atoms with Gasteiger partial charge in [-0.25, -0.2) is 4.98 Å². The van der Waals surface area contributed by atoms with Crippen LogP contribution in [0.4, 0.5) is 13.2 Å². The number of benzene rings is 1. The van der Waals surface area contributed by atoms with E-state index >= 15 is 0 Å². The SMILES string of the molecule is CCc1nc2cc(C(F)(F)F)c(Cl)cc2n1-c1cncc(CCN)c1. The number of alkyl halides is 3. The summed E-state index contributed by atoms with van der Waals surface area (Å²) in [5.74, 6) is 0.636. The molecule has 0 spiro atoms. The maximum absolute atomic E-state index is 13.1. The van der Waals surface area contributed by atoms with Gasteiger partial charge >= 0.3 is 6.18 Å². The topological polar surface area (TPSA) is 56.7 Å². The number of fused-ring (bicyclic) bond motifs is 1. The molecule has 2 N–H and O–H groups in total. The van der Waals surface area contributed by atoms with Crippen LogP contribution < -0.4 is 5.73 Å². The summed E-state index contributed by atoms with van der Waals surface area (Å²) in [5, 5.41) is -0.352. The van der Waals surface area contributed by atoms with Crippen LogP contribution in [0.3, 0.4) is 0 Å². The Morgan fingerprint density at radius 2 is 1.96 bits per heavy atom. The summed E-state index contributed by atoms with van der Waals surface area (Å²) in [7, 11) is 0. The van der Waals surface area contributed by atoms with Crippen molar-refractivity contribution in [2.75, 3.05) is 6.54 Å². The molecule has 0 fully saturated rings. The standard InChI is InChI=1S/C17H16ClF3N4/c1-2-16-24-14-6-12(17(19,20)21)13(18)7-15(14)25(16)11-5-10(3-4-22)8-23-9-11/h5-9H,2-4,22H2,1H3. The van der Waals surface area contributed by atoms with Crippen LogP contribution in [0.1, 0.15) is 23.9 Å². The molecule has 3 rings (SSSR count). The molecule has 25 heavy (non-hydrogen) atoms. The Labute approximate surface area is 147 Å². The van der Waals surface area contributed by atoms with Gasteiger partial charge in [-0.15, -0.1) is 0 Å². The van der Waals surface area contributed by atoms with Crippen molar-refractivity contribution in [3.8, 4) is 5.69 Å². The smallest absolute Gasteiger partial charge is 0.330 e. The number of aryl methyl sites for hydroxylation is 1. The first-order valence-corrected chi connectivity index (χ1v) is 8.15. The highest BCUT2D eigenvalue weighted by Gasteiger charge is 2.34. The lowest BCUT2D eigenvalue weighted by Crippen LogP contribution is -2.07. The van der Waals surface area contributed by atoms with Gasteiger partial charge in [0.15, 0.2) is 0 Å². The van der Waals surface area contributed by atoms with Crippen molar-refractivity contribution in [2.45, 2.75) is 25.9 Å². The van der Waals surface area contributed by atoms with E-state index in [0.29, 0.717) is 30.7 Å². The molecule has 0 amide bonds. The Hall–Kier alpha value is -2.12. The predicted molar refractivity (Wildman–Crippen MR) is 91.0 cm³/mol. The van der Waals surface area contributed by atoms with Gasteiger partial charge in [0.1, 0.15) is 5.82 Å². The fourth-order valence-corrected chi connectivity index (χ4v) is 3.06. The molecule has 0 saturated carbocycles. The maximum atomic E-state index is 13.1. The third kappa shape index (κ3) is 3.34. The largest absolute Gasteiger partial charge is 0.417 e. The fourth-order valence-electron chi connectivity index (χ4n) is 2.79. The first-order chi connectivity index (χ1) is 11.8. The summed E-state index contributed by atoms with van der Waals surface area (Å²) in [4.78, 5) is 8.55. The highest BCUT2D eigenvalue weighted by molar-refractivity contribution is 6.32. The van der Waals surface area contributed by atoms with Crippen molar-refractivity contribution >= 4 is 22.6 Å². The van der Waals surface area contributed by atoms with Crippen LogP contribution in [-0.4, -0.2) is 21.1 Å². The fraction of sp³-hybridized carbons (Fsp3) is 0.294. The number of nitrogens with zero attached hydrogens (tertiary/aromatic N) is 3. The summed E-state index contributed by atoms with van der Waals surface area (Å²) in [5.41, 5.74) is 7.13. The lowest BCUT2D eigenvalue weighted by molar-refractivity contribution is -0.137. The zero-order chi connectivity index (χ0) is 18.2. The molecule has 0 saturated heterocycles. The van der Waals surface area contributed by atoms with Crippen LogP contribution >= 0.6 is 11.6 Å². The van der Waals surface area contributed by atoms with E-state index in [4.69, 9.17) is 17.3 Å². The number of pyridine rings is 1. The first-order valence-electron chi connectivity index (χ1n) is 7.77.